The van der Waals surface area contributed by atoms with Gasteiger partial charge in [-0.1, -0.05) is 74.4 Å². The Hall–Kier alpha value is -1.56. The van der Waals surface area contributed by atoms with Gasteiger partial charge >= 0.3 is 0 Å². The molecule has 0 saturated carbocycles. The number of benzene rings is 2. The van der Waals surface area contributed by atoms with Crippen molar-refractivity contribution in [1.82, 2.24) is 0 Å². The van der Waals surface area contributed by atoms with E-state index in [0.29, 0.717) is 0 Å². The van der Waals surface area contributed by atoms with Crippen molar-refractivity contribution >= 4 is 0 Å². The molecule has 1 unspecified atom stereocenters. The van der Waals surface area contributed by atoms with Crippen LogP contribution in [0.2, 0.25) is 0 Å². The number of fused-ring (bicyclic) bond motifs is 1. The lowest BCUT2D eigenvalue weighted by Gasteiger charge is -2.31. The van der Waals surface area contributed by atoms with Gasteiger partial charge in [0.1, 0.15) is 0 Å². The van der Waals surface area contributed by atoms with E-state index < -0.39 is 0 Å². The molecule has 1 aliphatic carbocycles. The molecular formula is C19H22. The van der Waals surface area contributed by atoms with Crippen molar-refractivity contribution in [2.75, 3.05) is 0 Å². The molecule has 3 rings (SSSR count). The first-order valence-electron chi connectivity index (χ1n) is 7.51. The van der Waals surface area contributed by atoms with E-state index in [1.165, 1.54) is 37.7 Å². The van der Waals surface area contributed by atoms with Crippen LogP contribution in [0.25, 0.3) is 0 Å². The molecule has 0 heteroatoms. The van der Waals surface area contributed by atoms with E-state index >= 15 is 0 Å². The van der Waals surface area contributed by atoms with Gasteiger partial charge in [-0.3, -0.25) is 0 Å². The van der Waals surface area contributed by atoms with Crippen molar-refractivity contribution in [3.8, 4) is 0 Å². The predicted molar refractivity (Wildman–Crippen MR) is 81.5 cm³/mol. The van der Waals surface area contributed by atoms with Gasteiger partial charge in [0.15, 0.2) is 0 Å². The fourth-order valence-corrected chi connectivity index (χ4v) is 3.63. The number of unbranched alkanes of at least 4 members (excludes halogenated alkanes) is 1. The van der Waals surface area contributed by atoms with Crippen LogP contribution in [0.3, 0.4) is 0 Å². The Morgan fingerprint density at radius 1 is 0.947 bits per heavy atom. The van der Waals surface area contributed by atoms with Gasteiger partial charge in [-0.15, -0.1) is 0 Å². The van der Waals surface area contributed by atoms with Crippen LogP contribution in [0, 0.1) is 0 Å². The summed E-state index contributed by atoms with van der Waals surface area (Å²) in [5.41, 5.74) is 4.92. The first-order chi connectivity index (χ1) is 9.37. The van der Waals surface area contributed by atoms with E-state index in [2.05, 4.69) is 61.5 Å². The van der Waals surface area contributed by atoms with E-state index in [9.17, 15) is 0 Å². The topological polar surface area (TPSA) is 0 Å². The highest BCUT2D eigenvalue weighted by molar-refractivity contribution is 5.47. The zero-order chi connectivity index (χ0) is 13.1. The first kappa shape index (κ1) is 12.5. The zero-order valence-corrected chi connectivity index (χ0v) is 11.7. The Morgan fingerprint density at radius 3 is 2.47 bits per heavy atom. The summed E-state index contributed by atoms with van der Waals surface area (Å²) >= 11 is 0. The van der Waals surface area contributed by atoms with Crippen LogP contribution in [0.5, 0.6) is 0 Å². The lowest BCUT2D eigenvalue weighted by atomic mass is 9.72. The minimum absolute atomic E-state index is 0.272. The Balaban J connectivity index is 2.09. The minimum atomic E-state index is 0.272. The van der Waals surface area contributed by atoms with E-state index in [-0.39, 0.29) is 5.41 Å². The standard InChI is InChI=1S/C19H22/c1-2-3-14-19(17-10-5-4-6-11-17)15-13-16-9-7-8-12-18(16)19/h4-12H,2-3,13-15H2,1H3. The maximum Gasteiger partial charge on any atom is 0.0208 e. The molecule has 98 valence electrons. The first-order valence-corrected chi connectivity index (χ1v) is 7.51. The summed E-state index contributed by atoms with van der Waals surface area (Å²) in [6.45, 7) is 2.29. The van der Waals surface area contributed by atoms with Gasteiger partial charge in [-0.2, -0.15) is 0 Å². The van der Waals surface area contributed by atoms with Gasteiger partial charge in [-0.25, -0.2) is 0 Å². The van der Waals surface area contributed by atoms with Crippen molar-refractivity contribution in [3.63, 3.8) is 0 Å². The Kier molecular flexibility index (Phi) is 3.42. The van der Waals surface area contributed by atoms with Gasteiger partial charge in [-0.05, 0) is 36.0 Å². The highest BCUT2D eigenvalue weighted by atomic mass is 14.4. The molecule has 2 aromatic rings. The molecule has 0 amide bonds. The molecular weight excluding hydrogens is 228 g/mol. The summed E-state index contributed by atoms with van der Waals surface area (Å²) < 4.78 is 0. The second kappa shape index (κ2) is 5.21. The molecule has 0 aliphatic heterocycles. The van der Waals surface area contributed by atoms with Gasteiger partial charge in [0, 0.05) is 5.41 Å². The number of rotatable bonds is 4. The quantitative estimate of drug-likeness (QED) is 0.707. The molecule has 0 bridgehead atoms. The highest BCUT2D eigenvalue weighted by Gasteiger charge is 2.39. The third-order valence-electron chi connectivity index (χ3n) is 4.64. The lowest BCUT2D eigenvalue weighted by molar-refractivity contribution is 0.449. The summed E-state index contributed by atoms with van der Waals surface area (Å²) in [4.78, 5) is 0. The minimum Gasteiger partial charge on any atom is -0.0654 e. The van der Waals surface area contributed by atoms with Crippen molar-refractivity contribution < 1.29 is 0 Å². The van der Waals surface area contributed by atoms with Crippen LogP contribution in [0.15, 0.2) is 54.6 Å². The van der Waals surface area contributed by atoms with E-state index in [4.69, 9.17) is 0 Å². The summed E-state index contributed by atoms with van der Waals surface area (Å²) in [7, 11) is 0. The highest BCUT2D eigenvalue weighted by Crippen LogP contribution is 2.47. The summed E-state index contributed by atoms with van der Waals surface area (Å²) in [5.74, 6) is 0. The van der Waals surface area contributed by atoms with Crippen LogP contribution >= 0.6 is 0 Å². The fraction of sp³-hybridized carbons (Fsp3) is 0.368. The third-order valence-corrected chi connectivity index (χ3v) is 4.64. The molecule has 0 N–H and O–H groups in total. The molecule has 0 radical (unpaired) electrons. The van der Waals surface area contributed by atoms with E-state index in [1.54, 1.807) is 11.1 Å². The third kappa shape index (κ3) is 2.10. The van der Waals surface area contributed by atoms with Gasteiger partial charge in [0.2, 0.25) is 0 Å². The average Bonchev–Trinajstić information content (AvgIpc) is 2.86. The van der Waals surface area contributed by atoms with Gasteiger partial charge in [0.05, 0.1) is 0 Å². The summed E-state index contributed by atoms with van der Waals surface area (Å²) in [5, 5.41) is 0. The van der Waals surface area contributed by atoms with Crippen molar-refractivity contribution in [1.29, 1.82) is 0 Å². The second-order valence-corrected chi connectivity index (χ2v) is 5.71. The number of hydrogen-bond donors (Lipinski definition) is 0. The molecule has 0 nitrogen and oxygen atoms in total. The van der Waals surface area contributed by atoms with Crippen LogP contribution < -0.4 is 0 Å². The van der Waals surface area contributed by atoms with Gasteiger partial charge < -0.3 is 0 Å². The smallest absolute Gasteiger partial charge is 0.0208 e. The molecule has 1 atom stereocenters. The van der Waals surface area contributed by atoms with Crippen molar-refractivity contribution in [2.45, 2.75) is 44.4 Å². The average molecular weight is 250 g/mol. The molecule has 0 fully saturated rings. The van der Waals surface area contributed by atoms with E-state index in [1.807, 2.05) is 0 Å². The maximum atomic E-state index is 2.35. The van der Waals surface area contributed by atoms with Crippen molar-refractivity contribution in [3.05, 3.63) is 71.3 Å². The number of aryl methyl sites for hydroxylation is 1. The zero-order valence-electron chi connectivity index (χ0n) is 11.7. The normalized spacial score (nSPS) is 21.3. The number of hydrogen-bond acceptors (Lipinski definition) is 0. The molecule has 19 heavy (non-hydrogen) atoms. The second-order valence-electron chi connectivity index (χ2n) is 5.71. The largest absolute Gasteiger partial charge is 0.0654 e. The predicted octanol–water partition coefficient (Wildman–Crippen LogP) is 5.11. The van der Waals surface area contributed by atoms with E-state index in [0.717, 1.165) is 0 Å². The van der Waals surface area contributed by atoms with Crippen LogP contribution in [-0.4, -0.2) is 0 Å². The molecule has 0 heterocycles. The molecule has 2 aromatic carbocycles. The Morgan fingerprint density at radius 2 is 1.68 bits per heavy atom. The molecule has 0 aromatic heterocycles. The SMILES string of the molecule is CCCCC1(c2ccccc2)CCc2ccccc21. The Labute approximate surface area is 116 Å². The Bertz CT molecular complexity index is 541. The monoisotopic (exact) mass is 250 g/mol. The van der Waals surface area contributed by atoms with Gasteiger partial charge in [0.25, 0.3) is 0 Å². The molecule has 0 saturated heterocycles. The summed E-state index contributed by atoms with van der Waals surface area (Å²) in [6, 6.07) is 20.2. The maximum absolute atomic E-state index is 2.35. The summed E-state index contributed by atoms with van der Waals surface area (Å²) in [6.07, 6.45) is 6.37. The molecule has 1 aliphatic rings. The fourth-order valence-electron chi connectivity index (χ4n) is 3.63. The van der Waals surface area contributed by atoms with Crippen LogP contribution in [-0.2, 0) is 11.8 Å². The van der Waals surface area contributed by atoms with Crippen LogP contribution in [0.4, 0.5) is 0 Å². The van der Waals surface area contributed by atoms with Crippen LogP contribution in [0.1, 0.15) is 49.3 Å². The lowest BCUT2D eigenvalue weighted by Crippen LogP contribution is -2.24. The molecule has 0 spiro atoms. The van der Waals surface area contributed by atoms with Crippen molar-refractivity contribution in [2.24, 2.45) is 0 Å².